The van der Waals surface area contributed by atoms with Gasteiger partial charge in [0.05, 0.1) is 11.2 Å². The van der Waals surface area contributed by atoms with E-state index in [0.717, 1.165) is 0 Å². The van der Waals surface area contributed by atoms with Crippen molar-refractivity contribution in [2.24, 2.45) is 4.99 Å². The van der Waals surface area contributed by atoms with Gasteiger partial charge in [-0.3, -0.25) is 10.1 Å². The standard InChI is InChI=1S/C11H8N2O3/c14-13(15)10-4-1-3-9(7-10)8-12-11-5-2-6-16-11/h1-8H/b12-8+. The van der Waals surface area contributed by atoms with Crippen LogP contribution in [0.25, 0.3) is 0 Å². The Bertz CT molecular complexity index is 518. The minimum Gasteiger partial charge on any atom is -0.447 e. The molecule has 0 spiro atoms. The highest BCUT2D eigenvalue weighted by Crippen LogP contribution is 2.14. The van der Waals surface area contributed by atoms with Crippen molar-refractivity contribution in [3.63, 3.8) is 0 Å². The molecule has 0 atom stereocenters. The van der Waals surface area contributed by atoms with E-state index in [0.29, 0.717) is 11.4 Å². The van der Waals surface area contributed by atoms with Crippen molar-refractivity contribution < 1.29 is 9.34 Å². The summed E-state index contributed by atoms with van der Waals surface area (Å²) < 4.78 is 5.00. The first kappa shape index (κ1) is 10.1. The van der Waals surface area contributed by atoms with Crippen LogP contribution in [0.3, 0.4) is 0 Å². The third-order valence-corrected chi connectivity index (χ3v) is 1.93. The average Bonchev–Trinajstić information content (AvgIpc) is 2.79. The normalized spacial score (nSPS) is 10.8. The van der Waals surface area contributed by atoms with Crippen molar-refractivity contribution in [1.82, 2.24) is 0 Å². The number of furan rings is 1. The van der Waals surface area contributed by atoms with Crippen LogP contribution in [0.1, 0.15) is 5.56 Å². The molecule has 5 nitrogen and oxygen atoms in total. The summed E-state index contributed by atoms with van der Waals surface area (Å²) in [6.07, 6.45) is 3.03. The van der Waals surface area contributed by atoms with Crippen molar-refractivity contribution in [3.05, 3.63) is 58.3 Å². The van der Waals surface area contributed by atoms with E-state index in [-0.39, 0.29) is 5.69 Å². The van der Waals surface area contributed by atoms with E-state index in [1.54, 1.807) is 24.3 Å². The van der Waals surface area contributed by atoms with Crippen molar-refractivity contribution in [2.45, 2.75) is 0 Å². The molecule has 0 unspecified atom stereocenters. The molecule has 0 fully saturated rings. The first-order valence-electron chi connectivity index (χ1n) is 4.58. The molecule has 0 aliphatic heterocycles. The zero-order valence-corrected chi connectivity index (χ0v) is 8.24. The minimum atomic E-state index is -0.440. The summed E-state index contributed by atoms with van der Waals surface area (Å²) in [5.74, 6) is 0.464. The highest BCUT2D eigenvalue weighted by Gasteiger charge is 2.03. The summed E-state index contributed by atoms with van der Waals surface area (Å²) in [5, 5.41) is 10.5. The van der Waals surface area contributed by atoms with E-state index in [4.69, 9.17) is 4.42 Å². The smallest absolute Gasteiger partial charge is 0.270 e. The lowest BCUT2D eigenvalue weighted by atomic mass is 10.2. The number of nitro benzene ring substituents is 1. The van der Waals surface area contributed by atoms with E-state index in [1.165, 1.54) is 24.6 Å². The van der Waals surface area contributed by atoms with E-state index >= 15 is 0 Å². The molecule has 0 aliphatic carbocycles. The third kappa shape index (κ3) is 2.33. The quantitative estimate of drug-likeness (QED) is 0.450. The highest BCUT2D eigenvalue weighted by molar-refractivity contribution is 5.82. The van der Waals surface area contributed by atoms with Crippen LogP contribution in [0, 0.1) is 10.1 Å². The van der Waals surface area contributed by atoms with E-state index in [9.17, 15) is 10.1 Å². The number of aliphatic imine (C=N–C) groups is 1. The van der Waals surface area contributed by atoms with Crippen LogP contribution < -0.4 is 0 Å². The molecule has 80 valence electrons. The Kier molecular flexibility index (Phi) is 2.77. The molecule has 1 aromatic heterocycles. The van der Waals surface area contributed by atoms with Crippen molar-refractivity contribution >= 4 is 17.8 Å². The first-order chi connectivity index (χ1) is 7.75. The lowest BCUT2D eigenvalue weighted by Crippen LogP contribution is -1.89. The van der Waals surface area contributed by atoms with Gasteiger partial charge < -0.3 is 4.42 Å². The van der Waals surface area contributed by atoms with Gasteiger partial charge in [-0.15, -0.1) is 0 Å². The van der Waals surface area contributed by atoms with Crippen LogP contribution in [0.5, 0.6) is 0 Å². The first-order valence-corrected chi connectivity index (χ1v) is 4.58. The molecule has 0 saturated carbocycles. The zero-order valence-electron chi connectivity index (χ0n) is 8.24. The predicted molar refractivity (Wildman–Crippen MR) is 59.1 cm³/mol. The fourth-order valence-electron chi connectivity index (χ4n) is 1.20. The lowest BCUT2D eigenvalue weighted by molar-refractivity contribution is -0.384. The van der Waals surface area contributed by atoms with Crippen LogP contribution in [0.2, 0.25) is 0 Å². The molecule has 2 rings (SSSR count). The molecular weight excluding hydrogens is 208 g/mol. The molecule has 0 saturated heterocycles. The largest absolute Gasteiger partial charge is 0.447 e. The average molecular weight is 216 g/mol. The summed E-state index contributed by atoms with van der Waals surface area (Å²) in [6, 6.07) is 9.66. The molecule has 0 amide bonds. The van der Waals surface area contributed by atoms with Gasteiger partial charge in [-0.25, -0.2) is 4.99 Å². The second-order valence-electron chi connectivity index (χ2n) is 3.06. The van der Waals surface area contributed by atoms with E-state index < -0.39 is 4.92 Å². The minimum absolute atomic E-state index is 0.0448. The molecule has 0 bridgehead atoms. The van der Waals surface area contributed by atoms with Crippen molar-refractivity contribution in [2.75, 3.05) is 0 Å². The molecular formula is C11H8N2O3. The van der Waals surface area contributed by atoms with Gasteiger partial charge in [0.1, 0.15) is 0 Å². The molecule has 0 N–H and O–H groups in total. The lowest BCUT2D eigenvalue weighted by Gasteiger charge is -1.93. The van der Waals surface area contributed by atoms with Gasteiger partial charge in [-0.1, -0.05) is 12.1 Å². The van der Waals surface area contributed by atoms with Gasteiger partial charge >= 0.3 is 0 Å². The van der Waals surface area contributed by atoms with Gasteiger partial charge in [-0.2, -0.15) is 0 Å². The van der Waals surface area contributed by atoms with Crippen LogP contribution in [0.15, 0.2) is 52.1 Å². The molecule has 2 aromatic rings. The Morgan fingerprint density at radius 3 is 2.88 bits per heavy atom. The fraction of sp³-hybridized carbons (Fsp3) is 0. The number of non-ortho nitro benzene ring substituents is 1. The van der Waals surface area contributed by atoms with Crippen LogP contribution in [-0.4, -0.2) is 11.1 Å². The van der Waals surface area contributed by atoms with Crippen LogP contribution >= 0.6 is 0 Å². The van der Waals surface area contributed by atoms with Gasteiger partial charge in [0.15, 0.2) is 0 Å². The summed E-state index contributed by atoms with van der Waals surface area (Å²) >= 11 is 0. The monoisotopic (exact) mass is 216 g/mol. The van der Waals surface area contributed by atoms with Crippen molar-refractivity contribution in [3.8, 4) is 0 Å². The summed E-state index contributed by atoms with van der Waals surface area (Å²) in [4.78, 5) is 14.1. The number of benzene rings is 1. The maximum Gasteiger partial charge on any atom is 0.270 e. The van der Waals surface area contributed by atoms with E-state index in [2.05, 4.69) is 4.99 Å². The maximum atomic E-state index is 10.5. The SMILES string of the molecule is O=[N+]([O-])c1cccc(/C=N/c2ccco2)c1. The maximum absolute atomic E-state index is 10.5. The Morgan fingerprint density at radius 2 is 2.19 bits per heavy atom. The predicted octanol–water partition coefficient (Wildman–Crippen LogP) is 2.94. The molecule has 5 heteroatoms. The van der Waals surface area contributed by atoms with Gasteiger partial charge in [0, 0.05) is 24.4 Å². The summed E-state index contributed by atoms with van der Waals surface area (Å²) in [6.45, 7) is 0. The zero-order chi connectivity index (χ0) is 11.4. The van der Waals surface area contributed by atoms with Gasteiger partial charge in [0.2, 0.25) is 5.88 Å². The Balaban J connectivity index is 2.22. The van der Waals surface area contributed by atoms with E-state index in [1.807, 2.05) is 0 Å². The number of nitro groups is 1. The topological polar surface area (TPSA) is 68.6 Å². The number of nitrogens with zero attached hydrogens (tertiary/aromatic N) is 2. The fourth-order valence-corrected chi connectivity index (χ4v) is 1.20. The van der Waals surface area contributed by atoms with Crippen molar-refractivity contribution in [1.29, 1.82) is 0 Å². The van der Waals surface area contributed by atoms with Crippen LogP contribution in [0.4, 0.5) is 11.6 Å². The van der Waals surface area contributed by atoms with Crippen LogP contribution in [-0.2, 0) is 0 Å². The molecule has 16 heavy (non-hydrogen) atoms. The Morgan fingerprint density at radius 1 is 1.31 bits per heavy atom. The molecule has 1 heterocycles. The summed E-state index contributed by atoms with van der Waals surface area (Å²) in [7, 11) is 0. The highest BCUT2D eigenvalue weighted by atomic mass is 16.6. The number of rotatable bonds is 3. The molecule has 0 radical (unpaired) electrons. The third-order valence-electron chi connectivity index (χ3n) is 1.93. The Labute approximate surface area is 91.2 Å². The molecule has 1 aromatic carbocycles. The second kappa shape index (κ2) is 4.39. The summed E-state index contributed by atoms with van der Waals surface area (Å²) in [5.41, 5.74) is 0.703. The second-order valence-corrected chi connectivity index (χ2v) is 3.06. The number of hydrogen-bond acceptors (Lipinski definition) is 4. The van der Waals surface area contributed by atoms with Gasteiger partial charge in [0.25, 0.3) is 5.69 Å². The number of hydrogen-bond donors (Lipinski definition) is 0. The molecule has 0 aliphatic rings. The Hall–Kier alpha value is -2.43. The van der Waals surface area contributed by atoms with Gasteiger partial charge in [-0.05, 0) is 11.6 Å².